The molecule has 0 saturated carbocycles. The second-order valence-corrected chi connectivity index (χ2v) is 9.44. The van der Waals surface area contributed by atoms with E-state index >= 15 is 0 Å². The van der Waals surface area contributed by atoms with Gasteiger partial charge in [0.05, 0.1) is 16.6 Å². The Morgan fingerprint density at radius 1 is 1.15 bits per heavy atom. The van der Waals surface area contributed by atoms with Crippen molar-refractivity contribution in [2.24, 2.45) is 0 Å². The van der Waals surface area contributed by atoms with Crippen molar-refractivity contribution in [3.8, 4) is 17.6 Å². The van der Waals surface area contributed by atoms with Gasteiger partial charge in [-0.25, -0.2) is 0 Å². The number of hydrogen-bond donors (Lipinski definition) is 1. The van der Waals surface area contributed by atoms with Crippen LogP contribution in [0.2, 0.25) is 5.02 Å². The van der Waals surface area contributed by atoms with Crippen molar-refractivity contribution >= 4 is 62.1 Å². The Hall–Kier alpha value is -2.54. The number of halogens is 3. The van der Waals surface area contributed by atoms with Crippen molar-refractivity contribution < 1.29 is 14.3 Å². The maximum Gasteiger partial charge on any atom is 0.262 e. The number of nitriles is 1. The number of amides is 1. The molecule has 3 aromatic rings. The van der Waals surface area contributed by atoms with E-state index in [9.17, 15) is 10.1 Å². The first-order chi connectivity index (χ1) is 15.9. The Kier molecular flexibility index (Phi) is 9.18. The lowest BCUT2D eigenvalue weighted by Crippen LogP contribution is -2.23. The van der Waals surface area contributed by atoms with Gasteiger partial charge in [0.15, 0.2) is 5.75 Å². The van der Waals surface area contributed by atoms with Gasteiger partial charge in [0.1, 0.15) is 24.0 Å². The van der Waals surface area contributed by atoms with Crippen LogP contribution in [0.1, 0.15) is 16.7 Å². The number of carbonyl (C=O) groups is 1. The van der Waals surface area contributed by atoms with E-state index in [2.05, 4.69) is 43.8 Å². The number of nitrogens with one attached hydrogen (secondary N) is 1. The Morgan fingerprint density at radius 2 is 1.82 bits per heavy atom. The predicted octanol–water partition coefficient (Wildman–Crippen LogP) is 6.52. The third-order valence-electron chi connectivity index (χ3n) is 4.61. The molecule has 0 aliphatic rings. The first kappa shape index (κ1) is 25.1. The summed E-state index contributed by atoms with van der Waals surface area (Å²) >= 11 is 12.1. The molecular weight excluding hydrogens is 619 g/mol. The zero-order valence-corrected chi connectivity index (χ0v) is 22.1. The summed E-state index contributed by atoms with van der Waals surface area (Å²) in [6.07, 6.45) is 1.49. The summed E-state index contributed by atoms with van der Waals surface area (Å²) in [6, 6.07) is 20.7. The predicted molar refractivity (Wildman–Crippen MR) is 141 cm³/mol. The molecule has 0 aliphatic carbocycles. The summed E-state index contributed by atoms with van der Waals surface area (Å²) < 4.78 is 12.8. The zero-order valence-electron chi connectivity index (χ0n) is 17.6. The fourth-order valence-electron chi connectivity index (χ4n) is 2.87. The van der Waals surface area contributed by atoms with Crippen LogP contribution in [0.3, 0.4) is 0 Å². The van der Waals surface area contributed by atoms with Gasteiger partial charge in [-0.15, -0.1) is 0 Å². The van der Waals surface area contributed by atoms with Crippen LogP contribution in [0.5, 0.6) is 11.5 Å². The van der Waals surface area contributed by atoms with Crippen LogP contribution in [-0.4, -0.2) is 13.0 Å². The summed E-state index contributed by atoms with van der Waals surface area (Å²) in [7, 11) is 1.59. The van der Waals surface area contributed by atoms with E-state index in [-0.39, 0.29) is 12.1 Å². The molecule has 3 aromatic carbocycles. The molecule has 1 amide bonds. The largest absolute Gasteiger partial charge is 0.497 e. The van der Waals surface area contributed by atoms with Gasteiger partial charge >= 0.3 is 0 Å². The highest BCUT2D eigenvalue weighted by atomic mass is 127. The minimum atomic E-state index is -0.473. The van der Waals surface area contributed by atoms with E-state index in [0.717, 1.165) is 20.4 Å². The Balaban J connectivity index is 1.68. The highest BCUT2D eigenvalue weighted by molar-refractivity contribution is 14.1. The van der Waals surface area contributed by atoms with Crippen LogP contribution in [0.25, 0.3) is 6.08 Å². The fraction of sp³-hybridized carbons (Fsp3) is 0.120. The van der Waals surface area contributed by atoms with E-state index in [1.54, 1.807) is 19.2 Å². The Morgan fingerprint density at radius 3 is 2.42 bits per heavy atom. The summed E-state index contributed by atoms with van der Waals surface area (Å²) in [5.41, 5.74) is 2.48. The van der Waals surface area contributed by atoms with Crippen molar-refractivity contribution in [2.75, 3.05) is 7.11 Å². The summed E-state index contributed by atoms with van der Waals surface area (Å²) in [4.78, 5) is 12.5. The summed E-state index contributed by atoms with van der Waals surface area (Å²) in [6.45, 7) is 0.652. The van der Waals surface area contributed by atoms with Crippen LogP contribution < -0.4 is 14.8 Å². The van der Waals surface area contributed by atoms with E-state index in [1.807, 2.05) is 54.6 Å². The normalized spacial score (nSPS) is 10.9. The molecule has 0 unspecified atom stereocenters. The van der Waals surface area contributed by atoms with Gasteiger partial charge in [-0.2, -0.15) is 5.26 Å². The molecule has 0 fully saturated rings. The molecule has 0 saturated heterocycles. The van der Waals surface area contributed by atoms with Crippen LogP contribution in [0.15, 0.2) is 70.7 Å². The second-order valence-electron chi connectivity index (χ2n) is 6.93. The molecule has 0 radical (unpaired) electrons. The molecule has 168 valence electrons. The average molecular weight is 638 g/mol. The maximum absolute atomic E-state index is 12.5. The first-order valence-electron chi connectivity index (χ1n) is 9.79. The molecule has 5 nitrogen and oxygen atoms in total. The number of benzene rings is 3. The van der Waals surface area contributed by atoms with Crippen LogP contribution >= 0.6 is 50.1 Å². The minimum absolute atomic E-state index is 0.0287. The standard InChI is InChI=1S/C25H19BrClIN2O3/c1-32-21-8-4-16(5-9-21)14-30-25(31)19(13-29)10-18-11-22(26)24(23(27)12-18)33-15-17-2-6-20(28)7-3-17/h2-12H,14-15H2,1H3,(H,30,31)/b19-10-. The van der Waals surface area contributed by atoms with Gasteiger partial charge in [-0.1, -0.05) is 35.9 Å². The number of nitrogens with zero attached hydrogens (tertiary/aromatic N) is 1. The molecule has 0 heterocycles. The monoisotopic (exact) mass is 636 g/mol. The lowest BCUT2D eigenvalue weighted by Gasteiger charge is -2.12. The molecule has 0 spiro atoms. The lowest BCUT2D eigenvalue weighted by molar-refractivity contribution is -0.117. The second kappa shape index (κ2) is 12.1. The number of carbonyl (C=O) groups excluding carboxylic acids is 1. The van der Waals surface area contributed by atoms with Crippen molar-refractivity contribution in [2.45, 2.75) is 13.2 Å². The molecule has 1 N–H and O–H groups in total. The molecule has 8 heteroatoms. The fourth-order valence-corrected chi connectivity index (χ4v) is 4.22. The number of ether oxygens (including phenoxy) is 2. The third kappa shape index (κ3) is 7.22. The van der Waals surface area contributed by atoms with Crippen molar-refractivity contribution in [3.63, 3.8) is 0 Å². The van der Waals surface area contributed by atoms with Crippen LogP contribution in [0.4, 0.5) is 0 Å². The molecule has 33 heavy (non-hydrogen) atoms. The molecular formula is C25H19BrClIN2O3. The van der Waals surface area contributed by atoms with Crippen LogP contribution in [-0.2, 0) is 17.9 Å². The van der Waals surface area contributed by atoms with Gasteiger partial charge in [0, 0.05) is 10.1 Å². The Labute approximate surface area is 219 Å². The summed E-state index contributed by atoms with van der Waals surface area (Å²) in [5.74, 6) is 0.755. The van der Waals surface area contributed by atoms with Gasteiger partial charge in [0.25, 0.3) is 5.91 Å². The molecule has 0 bridgehead atoms. The average Bonchev–Trinajstić information content (AvgIpc) is 2.82. The minimum Gasteiger partial charge on any atom is -0.497 e. The van der Waals surface area contributed by atoms with Crippen molar-refractivity contribution in [1.82, 2.24) is 5.32 Å². The maximum atomic E-state index is 12.5. The van der Waals surface area contributed by atoms with Crippen molar-refractivity contribution in [1.29, 1.82) is 5.26 Å². The van der Waals surface area contributed by atoms with Gasteiger partial charge in [-0.05, 0) is 97.7 Å². The SMILES string of the molecule is COc1ccc(CNC(=O)/C(C#N)=C\c2cc(Cl)c(OCc3ccc(I)cc3)c(Br)c2)cc1. The zero-order chi connectivity index (χ0) is 23.8. The Bertz CT molecular complexity index is 1180. The number of rotatable bonds is 8. The quantitative estimate of drug-likeness (QED) is 0.174. The lowest BCUT2D eigenvalue weighted by atomic mass is 10.1. The van der Waals surface area contributed by atoms with E-state index in [0.29, 0.717) is 27.4 Å². The number of hydrogen-bond acceptors (Lipinski definition) is 4. The topological polar surface area (TPSA) is 71.3 Å². The molecule has 0 aliphatic heterocycles. The van der Waals surface area contributed by atoms with Crippen molar-refractivity contribution in [3.05, 3.63) is 96.0 Å². The van der Waals surface area contributed by atoms with Crippen LogP contribution in [0, 0.1) is 14.9 Å². The van der Waals surface area contributed by atoms with Gasteiger partial charge in [-0.3, -0.25) is 4.79 Å². The van der Waals surface area contributed by atoms with E-state index in [1.165, 1.54) is 6.08 Å². The third-order valence-corrected chi connectivity index (χ3v) is 6.19. The van der Waals surface area contributed by atoms with Gasteiger partial charge in [0.2, 0.25) is 0 Å². The molecule has 3 rings (SSSR count). The van der Waals surface area contributed by atoms with E-state index < -0.39 is 5.91 Å². The van der Waals surface area contributed by atoms with E-state index in [4.69, 9.17) is 21.1 Å². The smallest absolute Gasteiger partial charge is 0.262 e. The highest BCUT2D eigenvalue weighted by Gasteiger charge is 2.13. The number of methoxy groups -OCH3 is 1. The molecule has 0 aromatic heterocycles. The van der Waals surface area contributed by atoms with Gasteiger partial charge < -0.3 is 14.8 Å². The first-order valence-corrected chi connectivity index (χ1v) is 12.0. The highest BCUT2D eigenvalue weighted by Crippen LogP contribution is 2.35. The summed E-state index contributed by atoms with van der Waals surface area (Å²) in [5, 5.41) is 12.6. The molecule has 0 atom stereocenters.